The molecule has 0 unspecified atom stereocenters. The summed E-state index contributed by atoms with van der Waals surface area (Å²) >= 11 is 5.94. The predicted molar refractivity (Wildman–Crippen MR) is 68.0 cm³/mol. The second kappa shape index (κ2) is 4.17. The van der Waals surface area contributed by atoms with Gasteiger partial charge in [-0.05, 0) is 43.6 Å². The number of benzene rings is 1. The monoisotopic (exact) mass is 271 g/mol. The van der Waals surface area contributed by atoms with Crippen LogP contribution in [0.15, 0.2) is 24.3 Å². The Kier molecular flexibility index (Phi) is 2.87. The topological polar surface area (TPSA) is 3.24 Å². The van der Waals surface area contributed by atoms with Gasteiger partial charge in [-0.1, -0.05) is 23.7 Å². The van der Waals surface area contributed by atoms with Gasteiger partial charge in [-0.15, -0.1) is 0 Å². The van der Waals surface area contributed by atoms with E-state index >= 15 is 0 Å². The maximum Gasteiger partial charge on any atom is 0.254 e. The van der Waals surface area contributed by atoms with E-state index in [1.165, 1.54) is 0 Å². The van der Waals surface area contributed by atoms with E-state index in [0.717, 1.165) is 30.2 Å². The molecule has 2 fully saturated rings. The Balaban J connectivity index is 1.58. The largest absolute Gasteiger partial charge is 0.299 e. The van der Waals surface area contributed by atoms with Gasteiger partial charge in [0.2, 0.25) is 0 Å². The van der Waals surface area contributed by atoms with Crippen molar-refractivity contribution in [2.75, 3.05) is 13.1 Å². The predicted octanol–water partition coefficient (Wildman–Crippen LogP) is 3.96. The molecule has 1 saturated heterocycles. The molecular weight excluding hydrogens is 256 g/mol. The molecular formula is C14H16ClF2N. The summed E-state index contributed by atoms with van der Waals surface area (Å²) in [5.74, 6) is -2.39. The number of halogens is 3. The maximum absolute atomic E-state index is 13.2. The van der Waals surface area contributed by atoms with Crippen LogP contribution >= 0.6 is 11.6 Å². The Morgan fingerprint density at radius 2 is 1.89 bits per heavy atom. The van der Waals surface area contributed by atoms with Gasteiger partial charge in [0.1, 0.15) is 0 Å². The van der Waals surface area contributed by atoms with Crippen LogP contribution in [-0.4, -0.2) is 23.9 Å². The van der Waals surface area contributed by atoms with Crippen LogP contribution in [0, 0.1) is 5.41 Å². The highest BCUT2D eigenvalue weighted by Crippen LogP contribution is 2.65. The maximum atomic E-state index is 13.2. The number of likely N-dealkylation sites (tertiary alicyclic amines) is 1. The van der Waals surface area contributed by atoms with Gasteiger partial charge in [0.25, 0.3) is 5.92 Å². The molecule has 0 atom stereocenters. The SMILES string of the molecule is FC1(F)CC12CCN(Cc1cccc(Cl)c1)CC2. The fourth-order valence-corrected chi connectivity index (χ4v) is 3.17. The summed E-state index contributed by atoms with van der Waals surface area (Å²) in [4.78, 5) is 2.24. The molecule has 3 rings (SSSR count). The van der Waals surface area contributed by atoms with Crippen LogP contribution < -0.4 is 0 Å². The van der Waals surface area contributed by atoms with Crippen molar-refractivity contribution < 1.29 is 8.78 Å². The first-order valence-corrected chi connectivity index (χ1v) is 6.73. The van der Waals surface area contributed by atoms with Crippen LogP contribution in [0.25, 0.3) is 0 Å². The molecule has 98 valence electrons. The molecule has 1 saturated carbocycles. The van der Waals surface area contributed by atoms with Gasteiger partial charge in [-0.25, -0.2) is 8.78 Å². The second-order valence-electron chi connectivity index (χ2n) is 5.57. The quantitative estimate of drug-likeness (QED) is 0.787. The Bertz CT molecular complexity index is 453. The number of hydrogen-bond donors (Lipinski definition) is 0. The average molecular weight is 272 g/mol. The van der Waals surface area contributed by atoms with E-state index in [9.17, 15) is 8.78 Å². The molecule has 0 bridgehead atoms. The Morgan fingerprint density at radius 3 is 2.44 bits per heavy atom. The minimum atomic E-state index is -2.39. The highest BCUT2D eigenvalue weighted by atomic mass is 35.5. The Morgan fingerprint density at radius 1 is 1.22 bits per heavy atom. The van der Waals surface area contributed by atoms with Gasteiger partial charge in [0.05, 0.1) is 0 Å². The fourth-order valence-electron chi connectivity index (χ4n) is 2.96. The summed E-state index contributed by atoms with van der Waals surface area (Å²) in [6.45, 7) is 2.34. The van der Waals surface area contributed by atoms with E-state index in [0.29, 0.717) is 12.8 Å². The molecule has 0 N–H and O–H groups in total. The molecule has 1 heterocycles. The third-order valence-corrected chi connectivity index (χ3v) is 4.55. The van der Waals surface area contributed by atoms with Crippen molar-refractivity contribution in [1.82, 2.24) is 4.90 Å². The molecule has 0 aromatic heterocycles. The molecule has 1 aliphatic carbocycles. The van der Waals surface area contributed by atoms with Crippen molar-refractivity contribution in [3.63, 3.8) is 0 Å². The zero-order valence-corrected chi connectivity index (χ0v) is 10.9. The van der Waals surface area contributed by atoms with Crippen LogP contribution in [0.3, 0.4) is 0 Å². The molecule has 4 heteroatoms. The lowest BCUT2D eigenvalue weighted by molar-refractivity contribution is 0.0300. The summed E-state index contributed by atoms with van der Waals surface area (Å²) in [5.41, 5.74) is 0.499. The van der Waals surface area contributed by atoms with Gasteiger partial charge < -0.3 is 0 Å². The second-order valence-corrected chi connectivity index (χ2v) is 6.00. The van der Waals surface area contributed by atoms with Gasteiger partial charge in [0, 0.05) is 23.4 Å². The molecule has 0 amide bonds. The summed E-state index contributed by atoms with van der Waals surface area (Å²) in [6.07, 6.45) is 1.35. The van der Waals surface area contributed by atoms with Crippen molar-refractivity contribution in [3.05, 3.63) is 34.9 Å². The third kappa shape index (κ3) is 2.14. The molecule has 1 spiro atoms. The van der Waals surface area contributed by atoms with Gasteiger partial charge in [0.15, 0.2) is 0 Å². The first-order chi connectivity index (χ1) is 8.51. The normalized spacial score (nSPS) is 25.3. The van der Waals surface area contributed by atoms with Crippen molar-refractivity contribution >= 4 is 11.6 Å². The van der Waals surface area contributed by atoms with E-state index in [4.69, 9.17) is 11.6 Å². The summed E-state index contributed by atoms with van der Waals surface area (Å²) < 4.78 is 26.5. The van der Waals surface area contributed by atoms with Crippen molar-refractivity contribution in [2.24, 2.45) is 5.41 Å². The van der Waals surface area contributed by atoms with Crippen molar-refractivity contribution in [3.8, 4) is 0 Å². The van der Waals surface area contributed by atoms with E-state index in [-0.39, 0.29) is 6.42 Å². The molecule has 1 aromatic carbocycles. The number of hydrogen-bond acceptors (Lipinski definition) is 1. The Labute approximate surface area is 111 Å². The molecule has 0 radical (unpaired) electrons. The Hall–Kier alpha value is -0.670. The number of rotatable bonds is 2. The van der Waals surface area contributed by atoms with Crippen LogP contribution in [0.2, 0.25) is 5.02 Å². The lowest BCUT2D eigenvalue weighted by Gasteiger charge is -2.32. The molecule has 1 aliphatic heterocycles. The number of alkyl halides is 2. The van der Waals surface area contributed by atoms with E-state index in [2.05, 4.69) is 4.90 Å². The van der Waals surface area contributed by atoms with Crippen molar-refractivity contribution in [2.45, 2.75) is 31.7 Å². The van der Waals surface area contributed by atoms with Crippen LogP contribution in [0.5, 0.6) is 0 Å². The summed E-state index contributed by atoms with van der Waals surface area (Å²) in [6, 6.07) is 7.75. The van der Waals surface area contributed by atoms with E-state index in [1.54, 1.807) is 0 Å². The number of piperidine rings is 1. The summed E-state index contributed by atoms with van der Waals surface area (Å²) in [7, 11) is 0. The van der Waals surface area contributed by atoms with Crippen LogP contribution in [0.1, 0.15) is 24.8 Å². The minimum Gasteiger partial charge on any atom is -0.299 e. The van der Waals surface area contributed by atoms with E-state index < -0.39 is 11.3 Å². The zero-order valence-electron chi connectivity index (χ0n) is 10.1. The van der Waals surface area contributed by atoms with Gasteiger partial charge in [-0.2, -0.15) is 0 Å². The summed E-state index contributed by atoms with van der Waals surface area (Å²) in [5, 5.41) is 0.731. The number of nitrogens with zero attached hydrogens (tertiary/aromatic N) is 1. The highest BCUT2D eigenvalue weighted by Gasteiger charge is 2.70. The zero-order chi connectivity index (χ0) is 12.8. The first kappa shape index (κ1) is 12.4. The lowest BCUT2D eigenvalue weighted by Crippen LogP contribution is -2.36. The van der Waals surface area contributed by atoms with Gasteiger partial charge >= 0.3 is 0 Å². The van der Waals surface area contributed by atoms with Crippen LogP contribution in [-0.2, 0) is 6.54 Å². The van der Waals surface area contributed by atoms with E-state index in [1.807, 2.05) is 24.3 Å². The molecule has 18 heavy (non-hydrogen) atoms. The first-order valence-electron chi connectivity index (χ1n) is 6.35. The highest BCUT2D eigenvalue weighted by molar-refractivity contribution is 6.30. The minimum absolute atomic E-state index is 0.102. The molecule has 2 aliphatic rings. The van der Waals surface area contributed by atoms with Crippen LogP contribution in [0.4, 0.5) is 8.78 Å². The lowest BCUT2D eigenvalue weighted by atomic mass is 9.92. The smallest absolute Gasteiger partial charge is 0.254 e. The molecule has 1 aromatic rings. The van der Waals surface area contributed by atoms with Gasteiger partial charge in [-0.3, -0.25) is 4.90 Å². The van der Waals surface area contributed by atoms with Crippen molar-refractivity contribution in [1.29, 1.82) is 0 Å². The molecule has 1 nitrogen and oxygen atoms in total. The standard InChI is InChI=1S/C14H16ClF2N/c15-12-3-1-2-11(8-12)9-18-6-4-13(5-7-18)10-14(13,16)17/h1-3,8H,4-7,9-10H2. The fraction of sp³-hybridized carbons (Fsp3) is 0.571. The average Bonchev–Trinajstić information content (AvgIpc) is 2.84. The third-order valence-electron chi connectivity index (χ3n) is 4.32.